The Kier molecular flexibility index (Phi) is 5.36. The summed E-state index contributed by atoms with van der Waals surface area (Å²) in [6.07, 6.45) is 7.06. The molecule has 124 valence electrons. The molecule has 0 fully saturated rings. The lowest BCUT2D eigenvalue weighted by molar-refractivity contribution is -0.125. The van der Waals surface area contributed by atoms with Crippen LogP contribution in [0.15, 0.2) is 18.5 Å². The minimum atomic E-state index is -0.0303. The van der Waals surface area contributed by atoms with Crippen LogP contribution in [0.25, 0.3) is 6.08 Å². The standard InChI is InChI=1S/C17H25N5O/c1-6-21-11-15(10-18-21)8-9-17(23)20(5)12-16-13(3)19-22(7-2)14(16)4/h8-11H,6-7,12H2,1-5H3/b9-8+. The number of hydrogen-bond acceptors (Lipinski definition) is 3. The van der Waals surface area contributed by atoms with Crippen molar-refractivity contribution in [2.24, 2.45) is 0 Å². The Morgan fingerprint density at radius 2 is 2.04 bits per heavy atom. The first-order chi connectivity index (χ1) is 11.0. The highest BCUT2D eigenvalue weighted by molar-refractivity contribution is 5.91. The molecular weight excluding hydrogens is 290 g/mol. The molecule has 2 heterocycles. The second kappa shape index (κ2) is 7.26. The van der Waals surface area contributed by atoms with Crippen LogP contribution in [0, 0.1) is 13.8 Å². The molecule has 0 radical (unpaired) electrons. The zero-order valence-electron chi connectivity index (χ0n) is 14.6. The summed E-state index contributed by atoms with van der Waals surface area (Å²) in [4.78, 5) is 14.0. The van der Waals surface area contributed by atoms with Crippen molar-refractivity contribution in [2.45, 2.75) is 47.3 Å². The van der Waals surface area contributed by atoms with Gasteiger partial charge in [-0.2, -0.15) is 10.2 Å². The van der Waals surface area contributed by atoms with E-state index in [1.807, 2.05) is 43.4 Å². The smallest absolute Gasteiger partial charge is 0.246 e. The Labute approximate surface area is 137 Å². The van der Waals surface area contributed by atoms with Crippen molar-refractivity contribution in [3.05, 3.63) is 41.0 Å². The Morgan fingerprint density at radius 3 is 2.61 bits per heavy atom. The molecule has 23 heavy (non-hydrogen) atoms. The van der Waals surface area contributed by atoms with E-state index in [2.05, 4.69) is 17.1 Å². The summed E-state index contributed by atoms with van der Waals surface area (Å²) in [5, 5.41) is 8.69. The van der Waals surface area contributed by atoms with Gasteiger partial charge in [-0.05, 0) is 33.8 Å². The first-order valence-corrected chi connectivity index (χ1v) is 7.94. The molecule has 2 aromatic heterocycles. The molecule has 6 heteroatoms. The Hall–Kier alpha value is -2.37. The van der Waals surface area contributed by atoms with Gasteiger partial charge in [0.15, 0.2) is 0 Å². The van der Waals surface area contributed by atoms with Gasteiger partial charge in [-0.1, -0.05) is 0 Å². The predicted molar refractivity (Wildman–Crippen MR) is 90.8 cm³/mol. The Morgan fingerprint density at radius 1 is 1.30 bits per heavy atom. The van der Waals surface area contributed by atoms with Crippen molar-refractivity contribution in [3.8, 4) is 0 Å². The molecule has 0 aliphatic carbocycles. The van der Waals surface area contributed by atoms with E-state index in [1.54, 1.807) is 23.2 Å². The summed E-state index contributed by atoms with van der Waals surface area (Å²) in [5.41, 5.74) is 4.16. The minimum Gasteiger partial charge on any atom is -0.338 e. The van der Waals surface area contributed by atoms with Crippen LogP contribution in [-0.4, -0.2) is 37.4 Å². The van der Waals surface area contributed by atoms with Crippen LogP contribution < -0.4 is 0 Å². The SMILES string of the molecule is CCn1cc(/C=C/C(=O)N(C)Cc2c(C)nn(CC)c2C)cn1. The number of carbonyl (C=O) groups is 1. The maximum atomic E-state index is 12.3. The molecule has 0 saturated carbocycles. The fourth-order valence-electron chi connectivity index (χ4n) is 2.52. The zero-order chi connectivity index (χ0) is 17.0. The Bertz CT molecular complexity index is 711. The van der Waals surface area contributed by atoms with Gasteiger partial charge in [0, 0.05) is 55.8 Å². The van der Waals surface area contributed by atoms with E-state index < -0.39 is 0 Å². The van der Waals surface area contributed by atoms with E-state index in [9.17, 15) is 4.79 Å². The second-order valence-corrected chi connectivity index (χ2v) is 5.62. The van der Waals surface area contributed by atoms with Crippen molar-refractivity contribution in [1.29, 1.82) is 0 Å². The van der Waals surface area contributed by atoms with E-state index in [4.69, 9.17) is 0 Å². The van der Waals surface area contributed by atoms with E-state index in [0.29, 0.717) is 6.54 Å². The van der Waals surface area contributed by atoms with Gasteiger partial charge in [-0.3, -0.25) is 14.2 Å². The molecule has 0 aliphatic rings. The van der Waals surface area contributed by atoms with E-state index in [0.717, 1.165) is 35.6 Å². The first-order valence-electron chi connectivity index (χ1n) is 7.94. The normalized spacial score (nSPS) is 11.3. The van der Waals surface area contributed by atoms with Crippen molar-refractivity contribution in [2.75, 3.05) is 7.05 Å². The number of aromatic nitrogens is 4. The van der Waals surface area contributed by atoms with Gasteiger partial charge in [0.1, 0.15) is 0 Å². The topological polar surface area (TPSA) is 56.0 Å². The number of amides is 1. The van der Waals surface area contributed by atoms with Crippen molar-refractivity contribution >= 4 is 12.0 Å². The first kappa shape index (κ1) is 17.0. The van der Waals surface area contributed by atoms with Crippen molar-refractivity contribution < 1.29 is 4.79 Å². The maximum Gasteiger partial charge on any atom is 0.246 e. The maximum absolute atomic E-state index is 12.3. The number of carbonyl (C=O) groups excluding carboxylic acids is 1. The van der Waals surface area contributed by atoms with Crippen LogP contribution in [0.3, 0.4) is 0 Å². The average Bonchev–Trinajstić information content (AvgIpc) is 3.11. The highest BCUT2D eigenvalue weighted by Gasteiger charge is 2.14. The van der Waals surface area contributed by atoms with Crippen molar-refractivity contribution in [1.82, 2.24) is 24.5 Å². The molecule has 0 atom stereocenters. The number of nitrogens with zero attached hydrogens (tertiary/aromatic N) is 5. The van der Waals surface area contributed by atoms with Crippen LogP contribution in [0.2, 0.25) is 0 Å². The molecule has 2 aromatic rings. The molecule has 6 nitrogen and oxygen atoms in total. The highest BCUT2D eigenvalue weighted by atomic mass is 16.2. The zero-order valence-corrected chi connectivity index (χ0v) is 14.6. The number of rotatable bonds is 6. The molecule has 0 aromatic carbocycles. The summed E-state index contributed by atoms with van der Waals surface area (Å²) in [7, 11) is 1.81. The lowest BCUT2D eigenvalue weighted by Crippen LogP contribution is -2.24. The second-order valence-electron chi connectivity index (χ2n) is 5.62. The lowest BCUT2D eigenvalue weighted by atomic mass is 10.2. The third-order valence-corrected chi connectivity index (χ3v) is 4.00. The summed E-state index contributed by atoms with van der Waals surface area (Å²) in [6.45, 7) is 10.4. The lowest BCUT2D eigenvalue weighted by Gasteiger charge is -2.15. The monoisotopic (exact) mass is 315 g/mol. The van der Waals surface area contributed by atoms with Crippen LogP contribution in [0.5, 0.6) is 0 Å². The fourth-order valence-corrected chi connectivity index (χ4v) is 2.52. The minimum absolute atomic E-state index is 0.0303. The molecule has 2 rings (SSSR count). The van der Waals surface area contributed by atoms with Gasteiger partial charge >= 0.3 is 0 Å². The van der Waals surface area contributed by atoms with E-state index >= 15 is 0 Å². The number of hydrogen-bond donors (Lipinski definition) is 0. The summed E-state index contributed by atoms with van der Waals surface area (Å²) in [5.74, 6) is -0.0303. The van der Waals surface area contributed by atoms with Gasteiger partial charge in [-0.25, -0.2) is 0 Å². The molecule has 0 saturated heterocycles. The van der Waals surface area contributed by atoms with Crippen LogP contribution >= 0.6 is 0 Å². The third kappa shape index (κ3) is 3.88. The molecule has 0 aliphatic heterocycles. The summed E-state index contributed by atoms with van der Waals surface area (Å²) >= 11 is 0. The third-order valence-electron chi connectivity index (χ3n) is 4.00. The molecule has 0 spiro atoms. The van der Waals surface area contributed by atoms with Crippen LogP contribution in [0.4, 0.5) is 0 Å². The summed E-state index contributed by atoms with van der Waals surface area (Å²) in [6, 6.07) is 0. The number of likely N-dealkylation sites (N-methyl/N-ethyl adjacent to an activating group) is 1. The molecule has 0 unspecified atom stereocenters. The van der Waals surface area contributed by atoms with Crippen LogP contribution in [-0.2, 0) is 24.4 Å². The molecule has 0 bridgehead atoms. The molecule has 0 N–H and O–H groups in total. The summed E-state index contributed by atoms with van der Waals surface area (Å²) < 4.78 is 3.80. The van der Waals surface area contributed by atoms with Gasteiger partial charge in [0.2, 0.25) is 5.91 Å². The van der Waals surface area contributed by atoms with Gasteiger partial charge < -0.3 is 4.90 Å². The van der Waals surface area contributed by atoms with E-state index in [1.165, 1.54) is 0 Å². The van der Waals surface area contributed by atoms with Crippen LogP contribution in [0.1, 0.15) is 36.4 Å². The van der Waals surface area contributed by atoms with Crippen molar-refractivity contribution in [3.63, 3.8) is 0 Å². The van der Waals surface area contributed by atoms with Gasteiger partial charge in [-0.15, -0.1) is 0 Å². The van der Waals surface area contributed by atoms with E-state index in [-0.39, 0.29) is 5.91 Å². The largest absolute Gasteiger partial charge is 0.338 e. The quantitative estimate of drug-likeness (QED) is 0.769. The van der Waals surface area contributed by atoms with Gasteiger partial charge in [0.05, 0.1) is 11.9 Å². The average molecular weight is 315 g/mol. The molecule has 1 amide bonds. The Balaban J connectivity index is 2.04. The van der Waals surface area contributed by atoms with Gasteiger partial charge in [0.25, 0.3) is 0 Å². The number of aryl methyl sites for hydroxylation is 3. The fraction of sp³-hybridized carbons (Fsp3) is 0.471. The molecular formula is C17H25N5O. The highest BCUT2D eigenvalue weighted by Crippen LogP contribution is 2.15. The predicted octanol–water partition coefficient (Wildman–Crippen LogP) is 2.41.